The summed E-state index contributed by atoms with van der Waals surface area (Å²) in [5.41, 5.74) is 8.41. The van der Waals surface area contributed by atoms with E-state index in [-0.39, 0.29) is 0 Å². The highest BCUT2D eigenvalue weighted by Gasteiger charge is 2.35. The number of nitrogens with two attached hydrogens (primary N) is 1. The number of hydrogen-bond donors (Lipinski definition) is 2. The Balaban J connectivity index is 2.55. The molecule has 0 aliphatic heterocycles. The molecule has 1 aliphatic rings. The van der Waals surface area contributed by atoms with Crippen LogP contribution in [-0.2, 0) is 12.0 Å². The van der Waals surface area contributed by atoms with Crippen molar-refractivity contribution in [2.24, 2.45) is 5.73 Å². The minimum absolute atomic E-state index is 0.323. The van der Waals surface area contributed by atoms with Crippen molar-refractivity contribution >= 4 is 0 Å². The van der Waals surface area contributed by atoms with Crippen LogP contribution in [0.1, 0.15) is 23.1 Å². The second-order valence-electron chi connectivity index (χ2n) is 3.84. The largest absolute Gasteiger partial charge is 0.384 e. The van der Waals surface area contributed by atoms with Crippen LogP contribution in [0.3, 0.4) is 0 Å². The summed E-state index contributed by atoms with van der Waals surface area (Å²) < 4.78 is 0. The lowest BCUT2D eigenvalue weighted by Crippen LogP contribution is -2.32. The standard InChI is InChI=1S/C11H15NO/c1-8-3-2-4-10-9(8)5-6-11(10,13)7-12/h2-4,13H,5-7,12H2,1H3/t11-/m0/s1. The first-order valence-electron chi connectivity index (χ1n) is 4.69. The lowest BCUT2D eigenvalue weighted by Gasteiger charge is -2.21. The van der Waals surface area contributed by atoms with Crippen molar-refractivity contribution in [2.75, 3.05) is 6.54 Å². The van der Waals surface area contributed by atoms with E-state index < -0.39 is 5.60 Å². The highest BCUT2D eigenvalue weighted by molar-refractivity contribution is 5.42. The average molecular weight is 177 g/mol. The van der Waals surface area contributed by atoms with Gasteiger partial charge in [0.05, 0.1) is 0 Å². The first kappa shape index (κ1) is 8.73. The minimum atomic E-state index is -0.763. The number of hydrogen-bond acceptors (Lipinski definition) is 2. The predicted octanol–water partition coefficient (Wildman–Crippen LogP) is 1.09. The van der Waals surface area contributed by atoms with Gasteiger partial charge in [0.1, 0.15) is 5.60 Å². The van der Waals surface area contributed by atoms with E-state index in [9.17, 15) is 5.11 Å². The Labute approximate surface area is 78.4 Å². The molecule has 0 heterocycles. The summed E-state index contributed by atoms with van der Waals surface area (Å²) >= 11 is 0. The summed E-state index contributed by atoms with van der Waals surface area (Å²) in [6.07, 6.45) is 1.72. The topological polar surface area (TPSA) is 46.2 Å². The Morgan fingerprint density at radius 1 is 1.54 bits per heavy atom. The molecule has 0 radical (unpaired) electrons. The fourth-order valence-electron chi connectivity index (χ4n) is 2.15. The zero-order chi connectivity index (χ0) is 9.47. The second kappa shape index (κ2) is 2.82. The molecule has 0 fully saturated rings. The van der Waals surface area contributed by atoms with Gasteiger partial charge in [-0.1, -0.05) is 18.2 Å². The van der Waals surface area contributed by atoms with E-state index in [4.69, 9.17) is 5.73 Å². The molecule has 2 rings (SSSR count). The van der Waals surface area contributed by atoms with Gasteiger partial charge >= 0.3 is 0 Å². The number of benzene rings is 1. The van der Waals surface area contributed by atoms with Gasteiger partial charge in [0, 0.05) is 6.54 Å². The predicted molar refractivity (Wildman–Crippen MR) is 52.5 cm³/mol. The third kappa shape index (κ3) is 1.18. The lowest BCUT2D eigenvalue weighted by molar-refractivity contribution is 0.0481. The van der Waals surface area contributed by atoms with E-state index >= 15 is 0 Å². The van der Waals surface area contributed by atoms with Gasteiger partial charge in [-0.2, -0.15) is 0 Å². The van der Waals surface area contributed by atoms with Gasteiger partial charge < -0.3 is 10.8 Å². The van der Waals surface area contributed by atoms with E-state index in [1.54, 1.807) is 0 Å². The molecule has 1 atom stereocenters. The van der Waals surface area contributed by atoms with Crippen molar-refractivity contribution in [3.8, 4) is 0 Å². The van der Waals surface area contributed by atoms with Gasteiger partial charge in [0.25, 0.3) is 0 Å². The monoisotopic (exact) mass is 177 g/mol. The van der Waals surface area contributed by atoms with Crippen LogP contribution >= 0.6 is 0 Å². The molecule has 2 heteroatoms. The van der Waals surface area contributed by atoms with Gasteiger partial charge in [-0.05, 0) is 36.5 Å². The van der Waals surface area contributed by atoms with Gasteiger partial charge in [-0.3, -0.25) is 0 Å². The fourth-order valence-corrected chi connectivity index (χ4v) is 2.15. The highest BCUT2D eigenvalue weighted by atomic mass is 16.3. The zero-order valence-electron chi connectivity index (χ0n) is 7.88. The summed E-state index contributed by atoms with van der Waals surface area (Å²) in [6, 6.07) is 6.06. The number of aliphatic hydroxyl groups is 1. The van der Waals surface area contributed by atoms with Crippen molar-refractivity contribution in [3.05, 3.63) is 34.9 Å². The molecule has 3 N–H and O–H groups in total. The highest BCUT2D eigenvalue weighted by Crippen LogP contribution is 2.37. The Hall–Kier alpha value is -0.860. The van der Waals surface area contributed by atoms with Gasteiger partial charge in [-0.15, -0.1) is 0 Å². The normalized spacial score (nSPS) is 26.1. The van der Waals surface area contributed by atoms with Crippen LogP contribution in [0.5, 0.6) is 0 Å². The van der Waals surface area contributed by atoms with Crippen LogP contribution in [0.4, 0.5) is 0 Å². The number of rotatable bonds is 1. The first-order chi connectivity index (χ1) is 6.17. The maximum Gasteiger partial charge on any atom is 0.102 e. The molecule has 0 saturated heterocycles. The van der Waals surface area contributed by atoms with Gasteiger partial charge in [0.15, 0.2) is 0 Å². The first-order valence-corrected chi connectivity index (χ1v) is 4.69. The van der Waals surface area contributed by atoms with Crippen molar-refractivity contribution < 1.29 is 5.11 Å². The summed E-state index contributed by atoms with van der Waals surface area (Å²) in [4.78, 5) is 0. The molecule has 1 aliphatic carbocycles. The van der Waals surface area contributed by atoms with Crippen LogP contribution in [0.25, 0.3) is 0 Å². The zero-order valence-corrected chi connectivity index (χ0v) is 7.88. The van der Waals surface area contributed by atoms with Crippen molar-refractivity contribution in [2.45, 2.75) is 25.4 Å². The SMILES string of the molecule is Cc1cccc2c1CC[C@]2(O)CN. The third-order valence-corrected chi connectivity index (χ3v) is 3.04. The maximum absolute atomic E-state index is 10.2. The molecule has 1 aromatic rings. The Kier molecular flexibility index (Phi) is 1.90. The van der Waals surface area contributed by atoms with E-state index in [0.717, 1.165) is 18.4 Å². The summed E-state index contributed by atoms with van der Waals surface area (Å²) in [5.74, 6) is 0. The molecule has 0 spiro atoms. The van der Waals surface area contributed by atoms with E-state index in [0.29, 0.717) is 6.54 Å². The smallest absolute Gasteiger partial charge is 0.102 e. The third-order valence-electron chi connectivity index (χ3n) is 3.04. The molecule has 13 heavy (non-hydrogen) atoms. The molecule has 0 aromatic heterocycles. The Morgan fingerprint density at radius 3 is 3.00 bits per heavy atom. The van der Waals surface area contributed by atoms with Crippen molar-refractivity contribution in [1.29, 1.82) is 0 Å². The Morgan fingerprint density at radius 2 is 2.31 bits per heavy atom. The van der Waals surface area contributed by atoms with Crippen LogP contribution in [-0.4, -0.2) is 11.7 Å². The average Bonchev–Trinajstić information content (AvgIpc) is 2.47. The summed E-state index contributed by atoms with van der Waals surface area (Å²) in [6.45, 7) is 2.41. The second-order valence-corrected chi connectivity index (χ2v) is 3.84. The summed E-state index contributed by atoms with van der Waals surface area (Å²) in [5, 5.41) is 10.2. The molecular weight excluding hydrogens is 162 g/mol. The van der Waals surface area contributed by atoms with Crippen LogP contribution in [0.15, 0.2) is 18.2 Å². The quantitative estimate of drug-likeness (QED) is 0.674. The van der Waals surface area contributed by atoms with Crippen LogP contribution in [0.2, 0.25) is 0 Å². The molecule has 0 saturated carbocycles. The van der Waals surface area contributed by atoms with E-state index in [2.05, 4.69) is 13.0 Å². The molecular formula is C11H15NO. The Bertz CT molecular complexity index is 335. The van der Waals surface area contributed by atoms with Gasteiger partial charge in [-0.25, -0.2) is 0 Å². The molecule has 70 valence electrons. The van der Waals surface area contributed by atoms with E-state index in [1.807, 2.05) is 12.1 Å². The molecule has 1 aromatic carbocycles. The molecule has 0 amide bonds. The molecule has 0 bridgehead atoms. The molecule has 0 unspecified atom stereocenters. The van der Waals surface area contributed by atoms with Gasteiger partial charge in [0.2, 0.25) is 0 Å². The number of aryl methyl sites for hydroxylation is 1. The maximum atomic E-state index is 10.2. The molecule has 2 nitrogen and oxygen atoms in total. The summed E-state index contributed by atoms with van der Waals surface area (Å²) in [7, 11) is 0. The van der Waals surface area contributed by atoms with Crippen molar-refractivity contribution in [3.63, 3.8) is 0 Å². The fraction of sp³-hybridized carbons (Fsp3) is 0.455. The van der Waals surface area contributed by atoms with Crippen LogP contribution < -0.4 is 5.73 Å². The number of fused-ring (bicyclic) bond motifs is 1. The van der Waals surface area contributed by atoms with Crippen LogP contribution in [0, 0.1) is 6.92 Å². The van der Waals surface area contributed by atoms with Crippen molar-refractivity contribution in [1.82, 2.24) is 0 Å². The lowest BCUT2D eigenvalue weighted by atomic mass is 9.95. The van der Waals surface area contributed by atoms with E-state index in [1.165, 1.54) is 11.1 Å². The minimum Gasteiger partial charge on any atom is -0.384 e.